The van der Waals surface area contributed by atoms with Gasteiger partial charge in [-0.2, -0.15) is 0 Å². The zero-order valence-electron chi connectivity index (χ0n) is 11.4. The Morgan fingerprint density at radius 1 is 1.21 bits per heavy atom. The van der Waals surface area contributed by atoms with Gasteiger partial charge in [0.1, 0.15) is 0 Å². The molecule has 0 aromatic rings. The largest absolute Gasteiger partial charge is 0.432 e. The molecule has 5 aliphatic rings. The van der Waals surface area contributed by atoms with Crippen molar-refractivity contribution in [3.05, 3.63) is 0 Å². The van der Waals surface area contributed by atoms with Crippen LogP contribution >= 0.6 is 0 Å². The summed E-state index contributed by atoms with van der Waals surface area (Å²) in [4.78, 5) is 23.2. The van der Waals surface area contributed by atoms with Gasteiger partial charge in [-0.05, 0) is 32.1 Å². The van der Waals surface area contributed by atoms with Gasteiger partial charge >= 0.3 is 5.97 Å². The van der Waals surface area contributed by atoms with Crippen molar-refractivity contribution in [1.29, 1.82) is 0 Å². The summed E-state index contributed by atoms with van der Waals surface area (Å²) in [6.45, 7) is 4.12. The third kappa shape index (κ3) is 1.49. The number of hydrogen-bond donors (Lipinski definition) is 0. The van der Waals surface area contributed by atoms with E-state index in [1.807, 2.05) is 6.92 Å². The van der Waals surface area contributed by atoms with Gasteiger partial charge in [0.2, 0.25) is 12.1 Å². The van der Waals surface area contributed by atoms with E-state index in [0.29, 0.717) is 18.3 Å². The molecule has 0 aromatic carbocycles. The second-order valence-electron chi connectivity index (χ2n) is 6.69. The zero-order valence-corrected chi connectivity index (χ0v) is 11.4. The van der Waals surface area contributed by atoms with Crippen molar-refractivity contribution < 1.29 is 24.0 Å². The first kappa shape index (κ1) is 12.1. The highest BCUT2D eigenvalue weighted by molar-refractivity contribution is 5.71. The SMILES string of the molecule is C[C@H]1CC[C@@H]2CC(=O)O[C@H]3O[C@@]4(C)CC[C@H]1[C@]23OO4. The van der Waals surface area contributed by atoms with E-state index in [1.54, 1.807) is 0 Å². The standard InChI is InChI=1S/C14H20O5/c1-8-3-4-9-7-11(15)16-12-14(9)10(8)5-6-13(2,17-12)18-19-14/h8-10,12H,3-7H2,1-2H3/t8-,9+,10+,12-,13+,14+/m0/s1. The Hall–Kier alpha value is -0.650. The monoisotopic (exact) mass is 268 g/mol. The molecular formula is C14H20O5. The van der Waals surface area contributed by atoms with Crippen LogP contribution in [0.3, 0.4) is 0 Å². The molecule has 1 aliphatic carbocycles. The third-order valence-electron chi connectivity index (χ3n) is 5.52. The molecule has 4 saturated heterocycles. The fourth-order valence-electron chi connectivity index (χ4n) is 4.45. The summed E-state index contributed by atoms with van der Waals surface area (Å²) in [6.07, 6.45) is 3.72. The molecule has 0 N–H and O–H groups in total. The minimum absolute atomic E-state index is 0.155. The molecule has 5 fully saturated rings. The second-order valence-corrected chi connectivity index (χ2v) is 6.69. The molecule has 106 valence electrons. The number of esters is 1. The third-order valence-corrected chi connectivity index (χ3v) is 5.52. The van der Waals surface area contributed by atoms with Crippen molar-refractivity contribution in [2.75, 3.05) is 0 Å². The molecule has 4 aliphatic heterocycles. The summed E-state index contributed by atoms with van der Waals surface area (Å²) in [7, 11) is 0. The van der Waals surface area contributed by atoms with E-state index in [0.717, 1.165) is 25.7 Å². The topological polar surface area (TPSA) is 54.0 Å². The van der Waals surface area contributed by atoms with E-state index in [4.69, 9.17) is 19.2 Å². The molecule has 5 nitrogen and oxygen atoms in total. The summed E-state index contributed by atoms with van der Waals surface area (Å²) in [5.41, 5.74) is -0.582. The summed E-state index contributed by atoms with van der Waals surface area (Å²) in [5, 5.41) is 0. The fourth-order valence-corrected chi connectivity index (χ4v) is 4.45. The van der Waals surface area contributed by atoms with Crippen LogP contribution in [-0.4, -0.2) is 23.6 Å². The minimum atomic E-state index is -0.783. The molecular weight excluding hydrogens is 248 g/mol. The van der Waals surface area contributed by atoms with Gasteiger partial charge in [0, 0.05) is 18.3 Å². The summed E-state index contributed by atoms with van der Waals surface area (Å²) in [6, 6.07) is 0. The fraction of sp³-hybridized carbons (Fsp3) is 0.929. The Morgan fingerprint density at radius 2 is 2.05 bits per heavy atom. The first-order chi connectivity index (χ1) is 9.03. The van der Waals surface area contributed by atoms with Crippen LogP contribution in [0, 0.1) is 17.8 Å². The van der Waals surface area contributed by atoms with E-state index >= 15 is 0 Å². The Morgan fingerprint density at radius 3 is 2.89 bits per heavy atom. The van der Waals surface area contributed by atoms with Crippen LogP contribution < -0.4 is 0 Å². The maximum Gasteiger partial charge on any atom is 0.308 e. The molecule has 5 heteroatoms. The molecule has 0 unspecified atom stereocenters. The Balaban J connectivity index is 1.82. The van der Waals surface area contributed by atoms with E-state index in [2.05, 4.69) is 6.92 Å². The van der Waals surface area contributed by atoms with Crippen LogP contribution in [0.15, 0.2) is 0 Å². The average Bonchev–Trinajstić information content (AvgIpc) is 2.58. The van der Waals surface area contributed by atoms with E-state index in [-0.39, 0.29) is 11.9 Å². The molecule has 0 radical (unpaired) electrons. The van der Waals surface area contributed by atoms with Crippen LogP contribution in [0.2, 0.25) is 0 Å². The molecule has 4 heterocycles. The average molecular weight is 268 g/mol. The summed E-state index contributed by atoms with van der Waals surface area (Å²) >= 11 is 0. The van der Waals surface area contributed by atoms with E-state index < -0.39 is 17.7 Å². The van der Waals surface area contributed by atoms with Gasteiger partial charge in [-0.1, -0.05) is 6.92 Å². The molecule has 19 heavy (non-hydrogen) atoms. The Kier molecular flexibility index (Phi) is 2.37. The predicted molar refractivity (Wildman–Crippen MR) is 63.5 cm³/mol. The normalized spacial score (nSPS) is 56.2. The lowest BCUT2D eigenvalue weighted by atomic mass is 9.60. The van der Waals surface area contributed by atoms with E-state index in [1.165, 1.54) is 0 Å². The van der Waals surface area contributed by atoms with Crippen molar-refractivity contribution in [3.63, 3.8) is 0 Å². The first-order valence-corrected chi connectivity index (χ1v) is 7.28. The van der Waals surface area contributed by atoms with Crippen LogP contribution in [-0.2, 0) is 24.0 Å². The Labute approximate surface area is 112 Å². The van der Waals surface area contributed by atoms with Gasteiger partial charge in [-0.25, -0.2) is 9.78 Å². The number of ether oxygens (including phenoxy) is 2. The van der Waals surface area contributed by atoms with Gasteiger partial charge < -0.3 is 9.47 Å². The number of carbonyl (C=O) groups excluding carboxylic acids is 1. The van der Waals surface area contributed by atoms with Gasteiger partial charge in [0.25, 0.3) is 0 Å². The second kappa shape index (κ2) is 3.71. The van der Waals surface area contributed by atoms with Crippen molar-refractivity contribution in [2.24, 2.45) is 17.8 Å². The predicted octanol–water partition coefficient (Wildman–Crippen LogP) is 2.15. The van der Waals surface area contributed by atoms with Crippen LogP contribution in [0.1, 0.15) is 46.0 Å². The van der Waals surface area contributed by atoms with Gasteiger partial charge in [0.15, 0.2) is 5.60 Å². The van der Waals surface area contributed by atoms with Crippen molar-refractivity contribution in [2.45, 2.75) is 63.6 Å². The molecule has 5 rings (SSSR count). The van der Waals surface area contributed by atoms with E-state index in [9.17, 15) is 4.79 Å². The van der Waals surface area contributed by atoms with Crippen LogP contribution in [0.5, 0.6) is 0 Å². The summed E-state index contributed by atoms with van der Waals surface area (Å²) < 4.78 is 11.4. The summed E-state index contributed by atoms with van der Waals surface area (Å²) in [5.74, 6) is 0.0861. The lowest BCUT2D eigenvalue weighted by Gasteiger charge is -2.56. The van der Waals surface area contributed by atoms with Crippen molar-refractivity contribution in [1.82, 2.24) is 0 Å². The van der Waals surface area contributed by atoms with Gasteiger partial charge in [-0.15, -0.1) is 0 Å². The maximum atomic E-state index is 11.8. The number of rotatable bonds is 0. The Bertz CT molecular complexity index is 420. The van der Waals surface area contributed by atoms with Gasteiger partial charge in [0.05, 0.1) is 6.42 Å². The maximum absolute atomic E-state index is 11.8. The smallest absolute Gasteiger partial charge is 0.308 e. The quantitative estimate of drug-likeness (QED) is 0.497. The molecule has 2 bridgehead atoms. The molecule has 6 atom stereocenters. The zero-order chi connectivity index (χ0) is 13.3. The van der Waals surface area contributed by atoms with Crippen LogP contribution in [0.4, 0.5) is 0 Å². The van der Waals surface area contributed by atoms with Crippen LogP contribution in [0.25, 0.3) is 0 Å². The minimum Gasteiger partial charge on any atom is -0.432 e. The lowest BCUT2D eigenvalue weighted by molar-refractivity contribution is -0.557. The van der Waals surface area contributed by atoms with Crippen molar-refractivity contribution >= 4 is 5.97 Å². The highest BCUT2D eigenvalue weighted by Crippen LogP contribution is 2.58. The van der Waals surface area contributed by atoms with Crippen molar-refractivity contribution in [3.8, 4) is 0 Å². The number of carbonyl (C=O) groups is 1. The van der Waals surface area contributed by atoms with Gasteiger partial charge in [-0.3, -0.25) is 4.79 Å². The molecule has 0 aromatic heterocycles. The number of fused-ring (bicyclic) bond motifs is 2. The first-order valence-electron chi connectivity index (χ1n) is 7.28. The lowest BCUT2D eigenvalue weighted by Crippen LogP contribution is -2.67. The molecule has 0 amide bonds. The molecule has 1 spiro atoms. The number of hydrogen-bond acceptors (Lipinski definition) is 5. The molecule has 1 saturated carbocycles. The highest BCUT2D eigenvalue weighted by Gasteiger charge is 2.68. The highest BCUT2D eigenvalue weighted by atomic mass is 17.3.